The van der Waals surface area contributed by atoms with Crippen LogP contribution in [0.3, 0.4) is 0 Å². The molecule has 3 heteroatoms. The van der Waals surface area contributed by atoms with Gasteiger partial charge in [-0.15, -0.1) is 0 Å². The molecule has 1 unspecified atom stereocenters. The van der Waals surface area contributed by atoms with Gasteiger partial charge in [-0.1, -0.05) is 6.07 Å². The molecular weight excluding hydrogens is 210 g/mol. The van der Waals surface area contributed by atoms with Gasteiger partial charge in [0.2, 0.25) is 0 Å². The van der Waals surface area contributed by atoms with Gasteiger partial charge in [0, 0.05) is 11.9 Å². The Kier molecular flexibility index (Phi) is 4.11. The van der Waals surface area contributed by atoms with Crippen LogP contribution in [0.25, 0.3) is 0 Å². The molecule has 3 nitrogen and oxygen atoms in total. The van der Waals surface area contributed by atoms with Gasteiger partial charge in [-0.05, 0) is 57.3 Å². The zero-order valence-electron chi connectivity index (χ0n) is 10.4. The van der Waals surface area contributed by atoms with E-state index >= 15 is 0 Å². The number of aryl methyl sites for hydroxylation is 2. The van der Waals surface area contributed by atoms with Crippen LogP contribution >= 0.6 is 0 Å². The fourth-order valence-electron chi connectivity index (χ4n) is 2.46. The van der Waals surface area contributed by atoms with Gasteiger partial charge in [-0.2, -0.15) is 5.26 Å². The molecule has 1 aliphatic heterocycles. The number of nitrogens with zero attached hydrogens (tertiary/aromatic N) is 3. The SMILES string of the molecule is Cc1ncccc1CCC(C#N)N1CCCC1. The number of hydrogen-bond acceptors (Lipinski definition) is 3. The Morgan fingerprint density at radius 1 is 1.47 bits per heavy atom. The lowest BCUT2D eigenvalue weighted by molar-refractivity contribution is 0.278. The van der Waals surface area contributed by atoms with Crippen molar-refractivity contribution in [3.8, 4) is 6.07 Å². The average Bonchev–Trinajstić information content (AvgIpc) is 2.86. The molecule has 0 N–H and O–H groups in total. The predicted octanol–water partition coefficient (Wildman–Crippen LogP) is 2.31. The Balaban J connectivity index is 1.92. The Morgan fingerprint density at radius 2 is 2.24 bits per heavy atom. The van der Waals surface area contributed by atoms with Crippen molar-refractivity contribution in [3.63, 3.8) is 0 Å². The summed E-state index contributed by atoms with van der Waals surface area (Å²) >= 11 is 0. The van der Waals surface area contributed by atoms with Crippen LogP contribution < -0.4 is 0 Å². The summed E-state index contributed by atoms with van der Waals surface area (Å²) < 4.78 is 0. The van der Waals surface area contributed by atoms with Crippen LogP contribution in [0.5, 0.6) is 0 Å². The third-order valence-corrected chi connectivity index (χ3v) is 3.53. The molecule has 17 heavy (non-hydrogen) atoms. The number of pyridine rings is 1. The Morgan fingerprint density at radius 3 is 2.88 bits per heavy atom. The second-order valence-corrected chi connectivity index (χ2v) is 4.67. The average molecular weight is 229 g/mol. The first-order chi connectivity index (χ1) is 8.31. The highest BCUT2D eigenvalue weighted by molar-refractivity contribution is 5.18. The van der Waals surface area contributed by atoms with E-state index in [2.05, 4.69) is 22.0 Å². The van der Waals surface area contributed by atoms with Crippen LogP contribution in [0.15, 0.2) is 18.3 Å². The standard InChI is InChI=1S/C14H19N3/c1-12-13(5-4-8-16-12)6-7-14(11-15)17-9-2-3-10-17/h4-5,8,14H,2-3,6-7,9-10H2,1H3. The van der Waals surface area contributed by atoms with Crippen LogP contribution in [-0.4, -0.2) is 29.0 Å². The molecule has 0 aromatic carbocycles. The van der Waals surface area contributed by atoms with E-state index in [0.717, 1.165) is 31.6 Å². The van der Waals surface area contributed by atoms with Crippen molar-refractivity contribution in [1.29, 1.82) is 5.26 Å². The predicted molar refractivity (Wildman–Crippen MR) is 67.5 cm³/mol. The molecule has 0 amide bonds. The summed E-state index contributed by atoms with van der Waals surface area (Å²) in [5.74, 6) is 0. The van der Waals surface area contributed by atoms with Gasteiger partial charge in [0.1, 0.15) is 0 Å². The van der Waals surface area contributed by atoms with Gasteiger partial charge in [-0.25, -0.2) is 0 Å². The molecule has 1 aliphatic rings. The van der Waals surface area contributed by atoms with Gasteiger partial charge >= 0.3 is 0 Å². The monoisotopic (exact) mass is 229 g/mol. The Bertz CT molecular complexity index is 402. The van der Waals surface area contributed by atoms with Crippen molar-refractivity contribution in [2.24, 2.45) is 0 Å². The minimum atomic E-state index is 0.0807. The van der Waals surface area contributed by atoms with E-state index in [1.807, 2.05) is 19.2 Å². The molecule has 1 fully saturated rings. The number of rotatable bonds is 4. The molecule has 0 radical (unpaired) electrons. The quantitative estimate of drug-likeness (QED) is 0.795. The lowest BCUT2D eigenvalue weighted by Gasteiger charge is -2.21. The van der Waals surface area contributed by atoms with Gasteiger partial charge in [-0.3, -0.25) is 9.88 Å². The van der Waals surface area contributed by atoms with Crippen LogP contribution in [0.1, 0.15) is 30.5 Å². The van der Waals surface area contributed by atoms with Crippen molar-refractivity contribution >= 4 is 0 Å². The molecule has 0 aliphatic carbocycles. The lowest BCUT2D eigenvalue weighted by atomic mass is 10.0. The number of aromatic nitrogens is 1. The lowest BCUT2D eigenvalue weighted by Crippen LogP contribution is -2.31. The van der Waals surface area contributed by atoms with E-state index in [0.29, 0.717) is 0 Å². The molecule has 2 heterocycles. The fourth-order valence-corrected chi connectivity index (χ4v) is 2.46. The highest BCUT2D eigenvalue weighted by Crippen LogP contribution is 2.16. The molecule has 0 saturated carbocycles. The Labute approximate surface area is 103 Å². The molecule has 1 atom stereocenters. The summed E-state index contributed by atoms with van der Waals surface area (Å²) in [5, 5.41) is 9.23. The Hall–Kier alpha value is -1.40. The largest absolute Gasteiger partial charge is 0.288 e. The van der Waals surface area contributed by atoms with E-state index in [-0.39, 0.29) is 6.04 Å². The molecule has 1 saturated heterocycles. The summed E-state index contributed by atoms with van der Waals surface area (Å²) in [6.45, 7) is 4.21. The molecule has 0 spiro atoms. The molecule has 1 aromatic rings. The maximum absolute atomic E-state index is 9.23. The first-order valence-corrected chi connectivity index (χ1v) is 6.35. The van der Waals surface area contributed by atoms with Crippen molar-refractivity contribution in [1.82, 2.24) is 9.88 Å². The maximum atomic E-state index is 9.23. The maximum Gasteiger partial charge on any atom is 0.0981 e. The third kappa shape index (κ3) is 3.04. The smallest absolute Gasteiger partial charge is 0.0981 e. The van der Waals surface area contributed by atoms with E-state index in [9.17, 15) is 5.26 Å². The highest BCUT2D eigenvalue weighted by Gasteiger charge is 2.21. The normalized spacial score (nSPS) is 17.9. The third-order valence-electron chi connectivity index (χ3n) is 3.53. The molecule has 0 bridgehead atoms. The zero-order chi connectivity index (χ0) is 12.1. The molecule has 2 rings (SSSR count). The van der Waals surface area contributed by atoms with Gasteiger partial charge < -0.3 is 0 Å². The van der Waals surface area contributed by atoms with E-state index < -0.39 is 0 Å². The topological polar surface area (TPSA) is 39.9 Å². The molecule has 1 aromatic heterocycles. The number of nitriles is 1. The zero-order valence-corrected chi connectivity index (χ0v) is 10.4. The number of likely N-dealkylation sites (tertiary alicyclic amines) is 1. The van der Waals surface area contributed by atoms with E-state index in [1.165, 1.54) is 18.4 Å². The summed E-state index contributed by atoms with van der Waals surface area (Å²) in [5.41, 5.74) is 2.36. The van der Waals surface area contributed by atoms with Crippen LogP contribution in [0, 0.1) is 18.3 Å². The summed E-state index contributed by atoms with van der Waals surface area (Å²) in [6.07, 6.45) is 6.17. The number of hydrogen-bond donors (Lipinski definition) is 0. The van der Waals surface area contributed by atoms with Crippen molar-refractivity contribution in [3.05, 3.63) is 29.6 Å². The summed E-state index contributed by atoms with van der Waals surface area (Å²) in [4.78, 5) is 6.60. The van der Waals surface area contributed by atoms with Gasteiger partial charge in [0.25, 0.3) is 0 Å². The highest BCUT2D eigenvalue weighted by atomic mass is 15.2. The van der Waals surface area contributed by atoms with Gasteiger partial charge in [0.05, 0.1) is 12.1 Å². The molecule has 90 valence electrons. The second kappa shape index (κ2) is 5.79. The summed E-state index contributed by atoms with van der Waals surface area (Å²) in [6, 6.07) is 6.60. The van der Waals surface area contributed by atoms with Gasteiger partial charge in [0.15, 0.2) is 0 Å². The first-order valence-electron chi connectivity index (χ1n) is 6.35. The minimum absolute atomic E-state index is 0.0807. The van der Waals surface area contributed by atoms with Crippen LogP contribution in [0.2, 0.25) is 0 Å². The van der Waals surface area contributed by atoms with Crippen LogP contribution in [-0.2, 0) is 6.42 Å². The minimum Gasteiger partial charge on any atom is -0.288 e. The van der Waals surface area contributed by atoms with Crippen molar-refractivity contribution < 1.29 is 0 Å². The fraction of sp³-hybridized carbons (Fsp3) is 0.571. The first kappa shape index (κ1) is 12.1. The van der Waals surface area contributed by atoms with Crippen molar-refractivity contribution in [2.75, 3.05) is 13.1 Å². The van der Waals surface area contributed by atoms with E-state index in [4.69, 9.17) is 0 Å². The van der Waals surface area contributed by atoms with E-state index in [1.54, 1.807) is 0 Å². The van der Waals surface area contributed by atoms with Crippen molar-refractivity contribution in [2.45, 2.75) is 38.6 Å². The second-order valence-electron chi connectivity index (χ2n) is 4.67. The summed E-state index contributed by atoms with van der Waals surface area (Å²) in [7, 11) is 0. The van der Waals surface area contributed by atoms with Crippen LogP contribution in [0.4, 0.5) is 0 Å². The molecular formula is C14H19N3.